The van der Waals surface area contributed by atoms with Crippen molar-refractivity contribution in [1.82, 2.24) is 5.43 Å². The smallest absolute Gasteiger partial charge is 0.240 e. The van der Waals surface area contributed by atoms with Gasteiger partial charge in [-0.3, -0.25) is 9.59 Å². The highest BCUT2D eigenvalue weighted by Gasteiger charge is 2.08. The van der Waals surface area contributed by atoms with E-state index in [-0.39, 0.29) is 24.7 Å². The van der Waals surface area contributed by atoms with Crippen molar-refractivity contribution in [3.63, 3.8) is 0 Å². The number of nitrogens with zero attached hydrogens (tertiary/aromatic N) is 1. The average Bonchev–Trinajstić information content (AvgIpc) is 3.08. The van der Waals surface area contributed by atoms with Gasteiger partial charge in [-0.25, -0.2) is 5.43 Å². The zero-order valence-electron chi connectivity index (χ0n) is 14.1. The summed E-state index contributed by atoms with van der Waals surface area (Å²) in [5.74, 6) is 0.0547. The highest BCUT2D eigenvalue weighted by molar-refractivity contribution is 5.97. The minimum Gasteiger partial charge on any atom is -0.463 e. The molecule has 126 valence electrons. The van der Waals surface area contributed by atoms with Crippen molar-refractivity contribution in [3.8, 4) is 0 Å². The molecular weight excluding hydrogens is 306 g/mol. The molecule has 0 bridgehead atoms. The molecular formula is C18H21N3O3. The maximum absolute atomic E-state index is 11.9. The average molecular weight is 327 g/mol. The van der Waals surface area contributed by atoms with Crippen molar-refractivity contribution in [2.45, 2.75) is 33.6 Å². The van der Waals surface area contributed by atoms with Crippen LogP contribution in [0.1, 0.15) is 36.7 Å². The summed E-state index contributed by atoms with van der Waals surface area (Å²) >= 11 is 0. The summed E-state index contributed by atoms with van der Waals surface area (Å²) in [5.41, 5.74) is 5.98. The van der Waals surface area contributed by atoms with Gasteiger partial charge in [0.25, 0.3) is 0 Å². The summed E-state index contributed by atoms with van der Waals surface area (Å²) in [6.07, 6.45) is 1.69. The lowest BCUT2D eigenvalue weighted by Gasteiger charge is -2.07. The van der Waals surface area contributed by atoms with Gasteiger partial charge in [-0.15, -0.1) is 0 Å². The standard InChI is InChI=1S/C18H21N3O3/c1-12-6-7-15(11-13(12)2)19-17(22)8-9-18(23)21-20-14(3)16-5-4-10-24-16/h4-7,10-11H,8-9H2,1-3H3,(H,19,22)(H,21,23)/b20-14+. The first-order valence-electron chi connectivity index (χ1n) is 7.70. The van der Waals surface area contributed by atoms with Gasteiger partial charge in [0.1, 0.15) is 11.5 Å². The van der Waals surface area contributed by atoms with Gasteiger partial charge in [0.05, 0.1) is 6.26 Å². The van der Waals surface area contributed by atoms with E-state index in [2.05, 4.69) is 15.8 Å². The van der Waals surface area contributed by atoms with E-state index in [0.29, 0.717) is 11.5 Å². The zero-order valence-corrected chi connectivity index (χ0v) is 14.1. The first kappa shape index (κ1) is 17.5. The summed E-state index contributed by atoms with van der Waals surface area (Å²) in [4.78, 5) is 23.6. The van der Waals surface area contributed by atoms with Crippen LogP contribution in [0.2, 0.25) is 0 Å². The van der Waals surface area contributed by atoms with Crippen molar-refractivity contribution in [2.75, 3.05) is 5.32 Å². The van der Waals surface area contributed by atoms with E-state index in [1.165, 1.54) is 6.26 Å². The summed E-state index contributed by atoms with van der Waals surface area (Å²) in [6, 6.07) is 9.20. The molecule has 6 heteroatoms. The molecule has 24 heavy (non-hydrogen) atoms. The second-order valence-corrected chi connectivity index (χ2v) is 5.56. The Morgan fingerprint density at radius 2 is 1.83 bits per heavy atom. The molecule has 1 heterocycles. The van der Waals surface area contributed by atoms with E-state index in [0.717, 1.165) is 16.8 Å². The predicted molar refractivity (Wildman–Crippen MR) is 92.8 cm³/mol. The van der Waals surface area contributed by atoms with Gasteiger partial charge in [0.15, 0.2) is 0 Å². The number of hydrogen-bond donors (Lipinski definition) is 2. The Morgan fingerprint density at radius 3 is 2.50 bits per heavy atom. The zero-order chi connectivity index (χ0) is 17.5. The highest BCUT2D eigenvalue weighted by atomic mass is 16.3. The number of hydrogen-bond acceptors (Lipinski definition) is 4. The Bertz CT molecular complexity index is 749. The summed E-state index contributed by atoms with van der Waals surface area (Å²) in [7, 11) is 0. The van der Waals surface area contributed by atoms with Crippen LogP contribution in [0, 0.1) is 13.8 Å². The van der Waals surface area contributed by atoms with Crippen LogP contribution < -0.4 is 10.7 Å². The Balaban J connectivity index is 1.77. The van der Waals surface area contributed by atoms with Crippen molar-refractivity contribution >= 4 is 23.2 Å². The second-order valence-electron chi connectivity index (χ2n) is 5.56. The third-order valence-electron chi connectivity index (χ3n) is 3.60. The number of hydrazone groups is 1. The molecule has 0 aliphatic carbocycles. The number of carbonyl (C=O) groups excluding carboxylic acids is 2. The fourth-order valence-corrected chi connectivity index (χ4v) is 2.01. The third-order valence-corrected chi connectivity index (χ3v) is 3.60. The molecule has 0 atom stereocenters. The number of nitrogens with one attached hydrogen (secondary N) is 2. The van der Waals surface area contributed by atoms with E-state index in [9.17, 15) is 9.59 Å². The fraction of sp³-hybridized carbons (Fsp3) is 0.278. The number of carbonyl (C=O) groups is 2. The van der Waals surface area contributed by atoms with Crippen LogP contribution in [0.4, 0.5) is 5.69 Å². The van der Waals surface area contributed by atoms with Crippen molar-refractivity contribution < 1.29 is 14.0 Å². The number of rotatable bonds is 6. The van der Waals surface area contributed by atoms with Crippen LogP contribution in [0.5, 0.6) is 0 Å². The quantitative estimate of drug-likeness (QED) is 0.631. The number of aryl methyl sites for hydroxylation is 2. The fourth-order valence-electron chi connectivity index (χ4n) is 2.01. The van der Waals surface area contributed by atoms with Crippen LogP contribution in [-0.2, 0) is 9.59 Å². The molecule has 1 aromatic heterocycles. The van der Waals surface area contributed by atoms with E-state index < -0.39 is 0 Å². The third kappa shape index (κ3) is 5.08. The molecule has 1 aromatic carbocycles. The van der Waals surface area contributed by atoms with Crippen LogP contribution in [0.3, 0.4) is 0 Å². The lowest BCUT2D eigenvalue weighted by Crippen LogP contribution is -2.21. The SMILES string of the molecule is C/C(=N\NC(=O)CCC(=O)Nc1ccc(C)c(C)c1)c1ccco1. The maximum atomic E-state index is 11.9. The molecule has 0 radical (unpaired) electrons. The predicted octanol–water partition coefficient (Wildman–Crippen LogP) is 3.16. The van der Waals surface area contributed by atoms with Gasteiger partial charge in [-0.2, -0.15) is 5.10 Å². The molecule has 2 N–H and O–H groups in total. The number of anilines is 1. The second kappa shape index (κ2) is 8.10. The maximum Gasteiger partial charge on any atom is 0.240 e. The minimum atomic E-state index is -0.323. The van der Waals surface area contributed by atoms with Gasteiger partial charge in [0, 0.05) is 18.5 Å². The summed E-state index contributed by atoms with van der Waals surface area (Å²) in [6.45, 7) is 5.72. The molecule has 0 saturated heterocycles. The first-order chi connectivity index (χ1) is 11.5. The van der Waals surface area contributed by atoms with Gasteiger partial charge < -0.3 is 9.73 Å². The molecule has 6 nitrogen and oxygen atoms in total. The number of amides is 2. The molecule has 2 rings (SSSR count). The Kier molecular flexibility index (Phi) is 5.89. The lowest BCUT2D eigenvalue weighted by atomic mass is 10.1. The molecule has 0 unspecified atom stereocenters. The van der Waals surface area contributed by atoms with Crippen molar-refractivity contribution in [3.05, 3.63) is 53.5 Å². The Hall–Kier alpha value is -2.89. The minimum absolute atomic E-state index is 0.0611. The molecule has 0 saturated carbocycles. The van der Waals surface area contributed by atoms with E-state index in [1.807, 2.05) is 32.0 Å². The first-order valence-corrected chi connectivity index (χ1v) is 7.70. The normalized spacial score (nSPS) is 11.2. The lowest BCUT2D eigenvalue weighted by molar-refractivity contribution is -0.124. The van der Waals surface area contributed by atoms with Crippen LogP contribution >= 0.6 is 0 Å². The number of furan rings is 1. The van der Waals surface area contributed by atoms with Crippen molar-refractivity contribution in [2.24, 2.45) is 5.10 Å². The molecule has 0 fully saturated rings. The van der Waals surface area contributed by atoms with Crippen molar-refractivity contribution in [1.29, 1.82) is 0 Å². The molecule has 0 spiro atoms. The summed E-state index contributed by atoms with van der Waals surface area (Å²) in [5, 5.41) is 6.72. The van der Waals surface area contributed by atoms with Gasteiger partial charge >= 0.3 is 0 Å². The highest BCUT2D eigenvalue weighted by Crippen LogP contribution is 2.14. The Labute approximate surface area is 140 Å². The topological polar surface area (TPSA) is 83.7 Å². The summed E-state index contributed by atoms with van der Waals surface area (Å²) < 4.78 is 5.16. The van der Waals surface area contributed by atoms with Gasteiger partial charge in [0.2, 0.25) is 11.8 Å². The molecule has 2 amide bonds. The van der Waals surface area contributed by atoms with Gasteiger partial charge in [-0.05, 0) is 56.2 Å². The largest absolute Gasteiger partial charge is 0.463 e. The van der Waals surface area contributed by atoms with Crippen LogP contribution in [0.15, 0.2) is 46.1 Å². The van der Waals surface area contributed by atoms with E-state index in [1.54, 1.807) is 19.1 Å². The molecule has 0 aliphatic heterocycles. The van der Waals surface area contributed by atoms with E-state index >= 15 is 0 Å². The monoisotopic (exact) mass is 327 g/mol. The van der Waals surface area contributed by atoms with E-state index in [4.69, 9.17) is 4.42 Å². The number of benzene rings is 1. The van der Waals surface area contributed by atoms with Crippen LogP contribution in [0.25, 0.3) is 0 Å². The van der Waals surface area contributed by atoms with Gasteiger partial charge in [-0.1, -0.05) is 6.07 Å². The molecule has 0 aliphatic rings. The van der Waals surface area contributed by atoms with Crippen LogP contribution in [-0.4, -0.2) is 17.5 Å². The molecule has 2 aromatic rings. The Morgan fingerprint density at radius 1 is 1.08 bits per heavy atom.